The molecule has 6 N–H and O–H groups in total. The van der Waals surface area contributed by atoms with Crippen LogP contribution >= 0.6 is 0 Å². The first kappa shape index (κ1) is 50.4. The minimum atomic E-state index is -3.29. The normalized spacial score (nSPS) is 33.8. The molecule has 3 aliphatic rings. The predicted molar refractivity (Wildman–Crippen MR) is 240 cm³/mol. The van der Waals surface area contributed by atoms with Gasteiger partial charge in [0.1, 0.15) is 23.7 Å². The van der Waals surface area contributed by atoms with E-state index in [1.54, 1.807) is 36.9 Å². The zero-order valence-corrected chi connectivity index (χ0v) is 39.4. The van der Waals surface area contributed by atoms with Gasteiger partial charge >= 0.3 is 17.8 Å². The lowest BCUT2D eigenvalue weighted by Crippen LogP contribution is -2.65. The van der Waals surface area contributed by atoms with Crippen molar-refractivity contribution >= 4 is 29.4 Å². The van der Waals surface area contributed by atoms with Gasteiger partial charge in [-0.25, -0.2) is 18.8 Å². The summed E-state index contributed by atoms with van der Waals surface area (Å²) >= 11 is 0. The monoisotopic (exact) mass is 927 g/mol. The number of likely N-dealkylation sites (N-methyl/N-ethyl adjacent to an activating group) is 1. The van der Waals surface area contributed by atoms with Gasteiger partial charge in [0, 0.05) is 56.2 Å². The zero-order valence-electron chi connectivity index (χ0n) is 39.4. The summed E-state index contributed by atoms with van der Waals surface area (Å²) in [5.41, 5.74) is 6.31. The molecule has 66 heavy (non-hydrogen) atoms. The predicted octanol–water partition coefficient (Wildman–Crippen LogP) is 2.86. The number of aromatic nitrogens is 5. The van der Waals surface area contributed by atoms with Gasteiger partial charge < -0.3 is 50.5 Å². The van der Waals surface area contributed by atoms with Gasteiger partial charge in [-0.3, -0.25) is 18.9 Å². The number of nitrogen functional groups attached to an aromatic ring is 2. The number of anilines is 2. The molecule has 20 nitrogen and oxygen atoms in total. The number of amides is 1. The van der Waals surface area contributed by atoms with Crippen molar-refractivity contribution < 1.29 is 47.6 Å². The van der Waals surface area contributed by atoms with E-state index < -0.39 is 83.6 Å². The standard InChI is InChI=1S/C45H67FN10O10/c1-10-34-45(56-19-16-36(48)50-41(56)60)38(55(42(61)66-45)18-12-11-17-54-25-31(51-52-54)29-14-13-15-30(47)21-29)28(4)49-24-26(2)23-43(5,62-9)35(22-33(57)44(6,46)40(59)65-34)64-39-37(58)32(53(7)8)20-27(3)63-39/h13-16,19,21,25-28,32,34-35,37-39,49,58H,10-12,17-18,20,22-24,47H2,1-9H3,(H2,48,50,60)/t26-,27-,28-,32?,34-,35-,37?,38-,39+,43-,44-,45-/m1/s1. The third-order valence-electron chi connectivity index (χ3n) is 13.3. The van der Waals surface area contributed by atoms with Crippen LogP contribution in [0.3, 0.4) is 0 Å². The SMILES string of the molecule is CC[C@H]1OC(=O)[C@](C)(F)C(=O)C[C@@H](O[C@@H]2O[C@H](C)CC(N(C)C)C2O)[C@](C)(OC)C[C@@H](C)CN[C@H](C)[C@H]2N(CCCCn3cc(-c4cccc(N)c4)nn3)C(=O)O[C@]12n1ccc(N)nc1=O. The van der Waals surface area contributed by atoms with Gasteiger partial charge in [-0.05, 0) is 105 Å². The molecule has 6 rings (SSSR count). The van der Waals surface area contributed by atoms with Gasteiger partial charge in [0.25, 0.3) is 11.4 Å². The second-order valence-electron chi connectivity index (χ2n) is 18.6. The van der Waals surface area contributed by atoms with Crippen molar-refractivity contribution in [3.05, 3.63) is 53.2 Å². The van der Waals surface area contributed by atoms with E-state index in [0.717, 1.165) is 17.1 Å². The van der Waals surface area contributed by atoms with Crippen LogP contribution in [-0.4, -0.2) is 152 Å². The topological polar surface area (TPSA) is 254 Å². The summed E-state index contributed by atoms with van der Waals surface area (Å²) < 4.78 is 50.8. The minimum absolute atomic E-state index is 0.106. The number of aliphatic hydroxyl groups is 1. The zero-order chi connectivity index (χ0) is 48.3. The summed E-state index contributed by atoms with van der Waals surface area (Å²) in [4.78, 5) is 64.1. The van der Waals surface area contributed by atoms with Gasteiger partial charge in [-0.1, -0.05) is 31.2 Å². The first-order chi connectivity index (χ1) is 31.1. The second kappa shape index (κ2) is 20.4. The molecule has 0 saturated carbocycles. The number of unbranched alkanes of at least 4 members (excludes halogenated alkanes) is 1. The van der Waals surface area contributed by atoms with Crippen LogP contribution in [0.5, 0.6) is 0 Å². The molecular formula is C45H67FN10O10. The Morgan fingerprint density at radius 3 is 2.47 bits per heavy atom. The molecule has 0 spiro atoms. The van der Waals surface area contributed by atoms with Gasteiger partial charge in [-0.2, -0.15) is 4.98 Å². The number of esters is 1. The number of methoxy groups -OCH3 is 1. The van der Waals surface area contributed by atoms with E-state index in [0.29, 0.717) is 43.7 Å². The first-order valence-electron chi connectivity index (χ1n) is 22.6. The minimum Gasteiger partial charge on any atom is -0.453 e. The van der Waals surface area contributed by atoms with Crippen LogP contribution in [0.2, 0.25) is 0 Å². The molecule has 0 radical (unpaired) electrons. The number of hydrogen-bond donors (Lipinski definition) is 4. The van der Waals surface area contributed by atoms with E-state index in [1.165, 1.54) is 24.3 Å². The number of carbonyl (C=O) groups excluding carboxylic acids is 3. The average molecular weight is 927 g/mol. The number of nitrogens with zero attached hydrogens (tertiary/aromatic N) is 7. The summed E-state index contributed by atoms with van der Waals surface area (Å²) in [7, 11) is 5.10. The van der Waals surface area contributed by atoms with E-state index >= 15 is 4.39 Å². The molecule has 3 aliphatic heterocycles. The Morgan fingerprint density at radius 2 is 1.80 bits per heavy atom. The molecule has 3 fully saturated rings. The average Bonchev–Trinajstić information content (AvgIpc) is 3.86. The number of nitrogens with one attached hydrogen (secondary N) is 1. The number of Topliss-reactive ketones (excluding diaryl/α,β-unsaturated/α-hetero) is 1. The van der Waals surface area contributed by atoms with Crippen molar-refractivity contribution in [2.45, 2.75) is 152 Å². The molecule has 2 aromatic heterocycles. The Labute approximate surface area is 384 Å². The summed E-state index contributed by atoms with van der Waals surface area (Å²) in [6, 6.07) is 6.50. The number of cyclic esters (lactones) is 1. The lowest BCUT2D eigenvalue weighted by atomic mass is 9.83. The number of rotatable bonds is 12. The van der Waals surface area contributed by atoms with Crippen molar-refractivity contribution in [3.63, 3.8) is 0 Å². The highest BCUT2D eigenvalue weighted by Gasteiger charge is 2.64. The van der Waals surface area contributed by atoms with E-state index in [4.69, 9.17) is 35.2 Å². The quantitative estimate of drug-likeness (QED) is 0.0882. The molecule has 3 aromatic rings. The van der Waals surface area contributed by atoms with Crippen molar-refractivity contribution in [3.8, 4) is 11.3 Å². The van der Waals surface area contributed by atoms with Gasteiger partial charge in [-0.15, -0.1) is 5.10 Å². The number of nitrogens with two attached hydrogens (primary N) is 2. The summed E-state index contributed by atoms with van der Waals surface area (Å²) in [6.07, 6.45) is -2.25. The fraction of sp³-hybridized carbons (Fsp3) is 0.667. The molecule has 5 heterocycles. The largest absolute Gasteiger partial charge is 0.453 e. The van der Waals surface area contributed by atoms with Crippen molar-refractivity contribution in [2.75, 3.05) is 45.8 Å². The van der Waals surface area contributed by atoms with Crippen LogP contribution in [-0.2, 0) is 45.5 Å². The fourth-order valence-corrected chi connectivity index (χ4v) is 9.54. The highest BCUT2D eigenvalue weighted by molar-refractivity contribution is 6.07. The molecule has 0 bridgehead atoms. The summed E-state index contributed by atoms with van der Waals surface area (Å²) in [5.74, 6) is -3.13. The highest BCUT2D eigenvalue weighted by atomic mass is 19.1. The van der Waals surface area contributed by atoms with Crippen LogP contribution in [0.4, 0.5) is 20.7 Å². The number of carbonyl (C=O) groups is 3. The number of alkyl halides is 1. The third-order valence-corrected chi connectivity index (χ3v) is 13.3. The fourth-order valence-electron chi connectivity index (χ4n) is 9.54. The van der Waals surface area contributed by atoms with Crippen LogP contribution in [0, 0.1) is 5.92 Å². The number of aliphatic hydroxyl groups excluding tert-OH is 1. The lowest BCUT2D eigenvalue weighted by Gasteiger charge is -2.45. The summed E-state index contributed by atoms with van der Waals surface area (Å²) in [6.45, 7) is 10.6. The molecule has 2 unspecified atom stereocenters. The van der Waals surface area contributed by atoms with Crippen LogP contribution in [0.15, 0.2) is 47.5 Å². The number of halogens is 1. The molecule has 1 aromatic carbocycles. The van der Waals surface area contributed by atoms with E-state index in [-0.39, 0.29) is 43.3 Å². The van der Waals surface area contributed by atoms with E-state index in [9.17, 15) is 24.3 Å². The van der Waals surface area contributed by atoms with E-state index in [2.05, 4.69) is 20.6 Å². The maximum atomic E-state index is 17.2. The van der Waals surface area contributed by atoms with Crippen LogP contribution in [0.1, 0.15) is 80.1 Å². The number of aryl methyl sites for hydroxylation is 1. The molecule has 364 valence electrons. The number of fused-ring (bicyclic) bond motifs is 1. The molecule has 12 atom stereocenters. The number of hydrogen-bond acceptors (Lipinski definition) is 17. The number of ether oxygens (including phenoxy) is 5. The molecular weight excluding hydrogens is 860 g/mol. The first-order valence-corrected chi connectivity index (χ1v) is 22.6. The second-order valence-corrected chi connectivity index (χ2v) is 18.6. The Hall–Kier alpha value is -5.06. The molecule has 0 aliphatic carbocycles. The van der Waals surface area contributed by atoms with Crippen molar-refractivity contribution in [1.29, 1.82) is 0 Å². The highest BCUT2D eigenvalue weighted by Crippen LogP contribution is 2.43. The van der Waals surface area contributed by atoms with Crippen LogP contribution < -0.4 is 22.5 Å². The maximum Gasteiger partial charge on any atom is 0.412 e. The lowest BCUT2D eigenvalue weighted by molar-refractivity contribution is -0.289. The van der Waals surface area contributed by atoms with Crippen molar-refractivity contribution in [1.82, 2.24) is 39.7 Å². The summed E-state index contributed by atoms with van der Waals surface area (Å²) in [5, 5.41) is 23.5. The Morgan fingerprint density at radius 1 is 1.08 bits per heavy atom. The molecule has 1 amide bonds. The van der Waals surface area contributed by atoms with E-state index in [1.807, 2.05) is 51.9 Å². The van der Waals surface area contributed by atoms with Crippen molar-refractivity contribution in [2.24, 2.45) is 5.92 Å². The van der Waals surface area contributed by atoms with Gasteiger partial charge in [0.2, 0.25) is 0 Å². The Balaban J connectivity index is 1.35. The number of ketones is 1. The smallest absolute Gasteiger partial charge is 0.412 e. The third kappa shape index (κ3) is 10.4. The number of benzene rings is 1. The van der Waals surface area contributed by atoms with Gasteiger partial charge in [0.15, 0.2) is 18.2 Å². The Bertz CT molecular complexity index is 2240. The van der Waals surface area contributed by atoms with Gasteiger partial charge in [0.05, 0.1) is 24.0 Å². The van der Waals surface area contributed by atoms with Crippen LogP contribution in [0.25, 0.3) is 11.3 Å². The molecule has 21 heteroatoms. The maximum absolute atomic E-state index is 17.2. The Kier molecular flexibility index (Phi) is 15.6. The molecule has 3 saturated heterocycles.